The van der Waals surface area contributed by atoms with Crippen molar-refractivity contribution in [2.75, 3.05) is 31.1 Å². The summed E-state index contributed by atoms with van der Waals surface area (Å²) in [7, 11) is 0. The maximum Gasteiger partial charge on any atom is 0.227 e. The molecule has 1 amide bonds. The zero-order valence-corrected chi connectivity index (χ0v) is 20.4. The fraction of sp³-hybridized carbons (Fsp3) is 0.462. The number of carbonyl (C=O) groups excluding carboxylic acids is 1. The van der Waals surface area contributed by atoms with Gasteiger partial charge in [0.05, 0.1) is 11.9 Å². The lowest BCUT2D eigenvalue weighted by atomic mass is 9.89. The molecule has 2 aliphatic rings. The van der Waals surface area contributed by atoms with Gasteiger partial charge in [0.25, 0.3) is 0 Å². The Balaban J connectivity index is 1.33. The van der Waals surface area contributed by atoms with Gasteiger partial charge in [-0.05, 0) is 43.3 Å². The van der Waals surface area contributed by atoms with E-state index in [0.29, 0.717) is 25.4 Å². The average molecular weight is 475 g/mol. The highest BCUT2D eigenvalue weighted by atomic mass is 32.1. The highest BCUT2D eigenvalue weighted by Crippen LogP contribution is 2.35. The summed E-state index contributed by atoms with van der Waals surface area (Å²) in [6.07, 6.45) is 6.63. The Labute approximate surface area is 203 Å². The minimum Gasteiger partial charge on any atom is -0.339 e. The first-order valence-corrected chi connectivity index (χ1v) is 13.3. The number of piperazine rings is 1. The first kappa shape index (κ1) is 21.5. The molecule has 1 saturated carbocycles. The SMILES string of the molecule is Cc1ccc2nc(N3CCN(C(=O)Cc4cccs4)CC3)n3c(C4CCCCC4)nnc3c2c1. The van der Waals surface area contributed by atoms with E-state index in [1.54, 1.807) is 11.3 Å². The van der Waals surface area contributed by atoms with E-state index in [2.05, 4.69) is 39.5 Å². The standard InChI is InChI=1S/C26H30N6OS/c1-18-9-10-22-21(16-18)25-29-28-24(19-6-3-2-4-7-19)32(25)26(27-22)31-13-11-30(12-14-31)23(33)17-20-8-5-15-34-20/h5,8-10,15-16,19H,2-4,6-7,11-14,17H2,1H3. The predicted octanol–water partition coefficient (Wildman–Crippen LogP) is 4.59. The molecule has 0 unspecified atom stereocenters. The molecular formula is C26H30N6OS. The van der Waals surface area contributed by atoms with Crippen LogP contribution in [0.5, 0.6) is 0 Å². The van der Waals surface area contributed by atoms with E-state index < -0.39 is 0 Å². The Morgan fingerprint density at radius 2 is 1.88 bits per heavy atom. The van der Waals surface area contributed by atoms with Gasteiger partial charge >= 0.3 is 0 Å². The maximum absolute atomic E-state index is 12.8. The van der Waals surface area contributed by atoms with Crippen molar-refractivity contribution < 1.29 is 4.79 Å². The Kier molecular flexibility index (Phi) is 5.69. The first-order valence-electron chi connectivity index (χ1n) is 12.4. The molecular weight excluding hydrogens is 444 g/mol. The second kappa shape index (κ2) is 8.98. The number of hydrogen-bond donors (Lipinski definition) is 0. The number of hydrogen-bond acceptors (Lipinski definition) is 6. The van der Waals surface area contributed by atoms with Crippen molar-refractivity contribution in [3.05, 3.63) is 52.0 Å². The number of aryl methyl sites for hydroxylation is 1. The van der Waals surface area contributed by atoms with Crippen LogP contribution in [0.25, 0.3) is 16.6 Å². The molecule has 3 aromatic heterocycles. The van der Waals surface area contributed by atoms with E-state index in [0.717, 1.165) is 59.1 Å². The van der Waals surface area contributed by atoms with Crippen molar-refractivity contribution in [3.8, 4) is 0 Å². The van der Waals surface area contributed by atoms with Crippen molar-refractivity contribution in [2.45, 2.75) is 51.4 Å². The Hall–Kier alpha value is -3.00. The van der Waals surface area contributed by atoms with Crippen molar-refractivity contribution in [1.82, 2.24) is 24.5 Å². The van der Waals surface area contributed by atoms with Gasteiger partial charge in [-0.1, -0.05) is 37.0 Å². The number of thiophene rings is 1. The van der Waals surface area contributed by atoms with Crippen LogP contribution in [-0.4, -0.2) is 56.6 Å². The van der Waals surface area contributed by atoms with E-state index in [9.17, 15) is 4.79 Å². The third kappa shape index (κ3) is 3.94. The minimum absolute atomic E-state index is 0.210. The molecule has 0 N–H and O–H groups in total. The zero-order chi connectivity index (χ0) is 23.1. The summed E-state index contributed by atoms with van der Waals surface area (Å²) >= 11 is 1.65. The molecule has 1 aromatic carbocycles. The fourth-order valence-corrected chi connectivity index (χ4v) is 6.12. The molecule has 8 heteroatoms. The van der Waals surface area contributed by atoms with Gasteiger partial charge in [-0.15, -0.1) is 21.5 Å². The number of carbonyl (C=O) groups is 1. The van der Waals surface area contributed by atoms with Crippen LogP contribution in [0.2, 0.25) is 0 Å². The summed E-state index contributed by atoms with van der Waals surface area (Å²) in [5, 5.41) is 12.5. The summed E-state index contributed by atoms with van der Waals surface area (Å²) in [4.78, 5) is 23.4. The van der Waals surface area contributed by atoms with E-state index in [-0.39, 0.29) is 5.91 Å². The second-order valence-corrected chi connectivity index (χ2v) is 10.6. The van der Waals surface area contributed by atoms with Crippen molar-refractivity contribution >= 4 is 39.7 Å². The monoisotopic (exact) mass is 474 g/mol. The largest absolute Gasteiger partial charge is 0.339 e. The molecule has 0 atom stereocenters. The molecule has 1 aliphatic carbocycles. The van der Waals surface area contributed by atoms with Crippen molar-refractivity contribution in [3.63, 3.8) is 0 Å². The Bertz CT molecular complexity index is 1320. The van der Waals surface area contributed by atoms with Gasteiger partial charge in [-0.2, -0.15) is 0 Å². The van der Waals surface area contributed by atoms with Crippen molar-refractivity contribution in [1.29, 1.82) is 0 Å². The number of benzene rings is 1. The van der Waals surface area contributed by atoms with Gasteiger partial charge in [0.15, 0.2) is 5.65 Å². The number of aromatic nitrogens is 4. The molecule has 7 nitrogen and oxygen atoms in total. The summed E-state index contributed by atoms with van der Waals surface area (Å²) in [6, 6.07) is 10.4. The molecule has 0 spiro atoms. The zero-order valence-electron chi connectivity index (χ0n) is 19.6. The number of rotatable bonds is 4. The predicted molar refractivity (Wildman–Crippen MR) is 136 cm³/mol. The van der Waals surface area contributed by atoms with Crippen LogP contribution in [-0.2, 0) is 11.2 Å². The van der Waals surface area contributed by atoms with E-state index >= 15 is 0 Å². The normalized spacial score (nSPS) is 17.7. The summed E-state index contributed by atoms with van der Waals surface area (Å²) in [6.45, 7) is 5.05. The molecule has 4 aromatic rings. The molecule has 2 fully saturated rings. The first-order chi connectivity index (χ1) is 16.7. The van der Waals surface area contributed by atoms with Gasteiger partial charge in [0, 0.05) is 42.4 Å². The van der Waals surface area contributed by atoms with Gasteiger partial charge in [0.1, 0.15) is 5.82 Å². The Morgan fingerprint density at radius 3 is 2.65 bits per heavy atom. The lowest BCUT2D eigenvalue weighted by molar-refractivity contribution is -0.130. The highest BCUT2D eigenvalue weighted by Gasteiger charge is 2.28. The van der Waals surface area contributed by atoms with Crippen LogP contribution in [0.15, 0.2) is 35.7 Å². The number of nitrogens with zero attached hydrogens (tertiary/aromatic N) is 6. The van der Waals surface area contributed by atoms with Gasteiger partial charge in [-0.25, -0.2) is 9.38 Å². The third-order valence-electron chi connectivity index (χ3n) is 7.29. The van der Waals surface area contributed by atoms with Gasteiger partial charge in [-0.3, -0.25) is 4.79 Å². The third-order valence-corrected chi connectivity index (χ3v) is 8.17. The lowest BCUT2D eigenvalue weighted by Gasteiger charge is -2.36. The molecule has 4 heterocycles. The van der Waals surface area contributed by atoms with Crippen molar-refractivity contribution in [2.24, 2.45) is 0 Å². The number of amides is 1. The molecule has 1 saturated heterocycles. The van der Waals surface area contributed by atoms with Gasteiger partial charge in [0.2, 0.25) is 11.9 Å². The fourth-order valence-electron chi connectivity index (χ4n) is 5.42. The van der Waals surface area contributed by atoms with Crippen LogP contribution < -0.4 is 4.90 Å². The van der Waals surface area contributed by atoms with Crippen LogP contribution >= 0.6 is 11.3 Å². The minimum atomic E-state index is 0.210. The molecule has 176 valence electrons. The van der Waals surface area contributed by atoms with E-state index in [1.807, 2.05) is 22.4 Å². The Morgan fingerprint density at radius 1 is 1.06 bits per heavy atom. The summed E-state index contributed by atoms with van der Waals surface area (Å²) in [5.74, 6) is 2.61. The number of fused-ring (bicyclic) bond motifs is 3. The van der Waals surface area contributed by atoms with E-state index in [1.165, 1.54) is 24.8 Å². The lowest BCUT2D eigenvalue weighted by Crippen LogP contribution is -2.50. The van der Waals surface area contributed by atoms with Crippen LogP contribution in [0.3, 0.4) is 0 Å². The summed E-state index contributed by atoms with van der Waals surface area (Å²) < 4.78 is 2.22. The quantitative estimate of drug-likeness (QED) is 0.433. The van der Waals surface area contributed by atoms with Crippen LogP contribution in [0.1, 0.15) is 54.3 Å². The molecule has 0 radical (unpaired) electrons. The number of anilines is 1. The smallest absolute Gasteiger partial charge is 0.227 e. The van der Waals surface area contributed by atoms with Crippen LogP contribution in [0, 0.1) is 6.92 Å². The van der Waals surface area contributed by atoms with E-state index in [4.69, 9.17) is 10.1 Å². The maximum atomic E-state index is 12.8. The average Bonchev–Trinajstić information content (AvgIpc) is 3.55. The molecule has 34 heavy (non-hydrogen) atoms. The summed E-state index contributed by atoms with van der Waals surface area (Å²) in [5.41, 5.74) is 3.05. The topological polar surface area (TPSA) is 66.6 Å². The molecule has 6 rings (SSSR count). The van der Waals surface area contributed by atoms with Crippen LogP contribution in [0.4, 0.5) is 5.95 Å². The molecule has 1 aliphatic heterocycles. The molecule has 0 bridgehead atoms. The van der Waals surface area contributed by atoms with Gasteiger partial charge < -0.3 is 9.80 Å². The second-order valence-electron chi connectivity index (χ2n) is 9.61. The highest BCUT2D eigenvalue weighted by molar-refractivity contribution is 7.10.